The predicted molar refractivity (Wildman–Crippen MR) is 60.6 cm³/mol. The average molecular weight is 218 g/mol. The van der Waals surface area contributed by atoms with Crippen LogP contribution in [0.25, 0.3) is 0 Å². The van der Waals surface area contributed by atoms with Crippen LogP contribution in [0.2, 0.25) is 0 Å². The highest BCUT2D eigenvalue weighted by molar-refractivity contribution is 5.73. The van der Waals surface area contributed by atoms with Gasteiger partial charge < -0.3 is 11.1 Å². The van der Waals surface area contributed by atoms with Gasteiger partial charge in [0.05, 0.1) is 5.56 Å². The number of carbonyl (C=O) groups is 1. The van der Waals surface area contributed by atoms with E-state index in [0.717, 1.165) is 5.69 Å². The lowest BCUT2D eigenvalue weighted by atomic mass is 10.2. The third-order valence-corrected chi connectivity index (χ3v) is 2.05. The number of aryl methyl sites for hydroxylation is 1. The van der Waals surface area contributed by atoms with Gasteiger partial charge in [-0.1, -0.05) is 0 Å². The third kappa shape index (κ3) is 3.58. The Bertz CT molecular complexity index is 422. The summed E-state index contributed by atoms with van der Waals surface area (Å²) in [6, 6.07) is 5.56. The molecule has 0 radical (unpaired) electrons. The Morgan fingerprint density at radius 1 is 1.62 bits per heavy atom. The highest BCUT2D eigenvalue weighted by atomic mass is 16.1. The maximum Gasteiger partial charge on any atom is 0.217 e. The summed E-state index contributed by atoms with van der Waals surface area (Å²) in [5.41, 5.74) is 6.37. The first kappa shape index (κ1) is 12.0. The summed E-state index contributed by atoms with van der Waals surface area (Å²) in [6.07, 6.45) is 0.969. The zero-order valence-corrected chi connectivity index (χ0v) is 9.16. The molecule has 1 aromatic heterocycles. The van der Waals surface area contributed by atoms with Crippen molar-refractivity contribution < 1.29 is 4.79 Å². The predicted octanol–water partition coefficient (Wildman–Crippen LogP) is 0.939. The van der Waals surface area contributed by atoms with Crippen LogP contribution < -0.4 is 11.1 Å². The molecule has 3 N–H and O–H groups in total. The first-order valence-electron chi connectivity index (χ1n) is 5.03. The van der Waals surface area contributed by atoms with E-state index in [1.165, 1.54) is 0 Å². The summed E-state index contributed by atoms with van der Waals surface area (Å²) in [7, 11) is 0. The molecule has 0 unspecified atom stereocenters. The average Bonchev–Trinajstić information content (AvgIpc) is 2.24. The SMILES string of the molecule is Cc1ccc(C#N)c(NCCCC(N)=O)n1. The van der Waals surface area contributed by atoms with E-state index in [2.05, 4.69) is 16.4 Å². The standard InChI is InChI=1S/C11H14N4O/c1-8-4-5-9(7-12)11(15-8)14-6-2-3-10(13)16/h4-5H,2-3,6H2,1H3,(H2,13,16)(H,14,15). The minimum atomic E-state index is -0.320. The molecule has 1 aromatic rings. The number of nitrogens with one attached hydrogen (secondary N) is 1. The van der Waals surface area contributed by atoms with Crippen molar-refractivity contribution in [3.8, 4) is 6.07 Å². The zero-order valence-electron chi connectivity index (χ0n) is 9.16. The Kier molecular flexibility index (Phi) is 4.28. The number of primary amides is 1. The fourth-order valence-corrected chi connectivity index (χ4v) is 1.25. The Morgan fingerprint density at radius 2 is 2.38 bits per heavy atom. The second kappa shape index (κ2) is 5.71. The maximum absolute atomic E-state index is 10.5. The molecular weight excluding hydrogens is 204 g/mol. The number of anilines is 1. The number of nitrogens with two attached hydrogens (primary N) is 1. The summed E-state index contributed by atoms with van der Waals surface area (Å²) in [4.78, 5) is 14.7. The van der Waals surface area contributed by atoms with Crippen molar-refractivity contribution in [3.63, 3.8) is 0 Å². The van der Waals surface area contributed by atoms with E-state index in [4.69, 9.17) is 11.0 Å². The molecule has 0 aliphatic carbocycles. The van der Waals surface area contributed by atoms with E-state index < -0.39 is 0 Å². The molecule has 5 nitrogen and oxygen atoms in total. The first-order valence-corrected chi connectivity index (χ1v) is 5.03. The second-order valence-corrected chi connectivity index (χ2v) is 3.46. The largest absolute Gasteiger partial charge is 0.370 e. The fraction of sp³-hybridized carbons (Fsp3) is 0.364. The van der Waals surface area contributed by atoms with Gasteiger partial charge in [0.1, 0.15) is 11.9 Å². The van der Waals surface area contributed by atoms with Crippen molar-refractivity contribution >= 4 is 11.7 Å². The van der Waals surface area contributed by atoms with Gasteiger partial charge in [-0.3, -0.25) is 4.79 Å². The molecule has 84 valence electrons. The monoisotopic (exact) mass is 218 g/mol. The topological polar surface area (TPSA) is 91.8 Å². The molecule has 1 rings (SSSR count). The van der Waals surface area contributed by atoms with Crippen molar-refractivity contribution in [2.24, 2.45) is 5.73 Å². The molecule has 0 bridgehead atoms. The Morgan fingerprint density at radius 3 is 3.00 bits per heavy atom. The van der Waals surface area contributed by atoms with Gasteiger partial charge in [-0.2, -0.15) is 5.26 Å². The van der Waals surface area contributed by atoms with Crippen LogP contribution in [0.15, 0.2) is 12.1 Å². The minimum Gasteiger partial charge on any atom is -0.370 e. The number of amides is 1. The van der Waals surface area contributed by atoms with Crippen molar-refractivity contribution in [1.29, 1.82) is 5.26 Å². The third-order valence-electron chi connectivity index (χ3n) is 2.05. The van der Waals surface area contributed by atoms with Crippen LogP contribution in [0.4, 0.5) is 5.82 Å². The molecular formula is C11H14N4O. The second-order valence-electron chi connectivity index (χ2n) is 3.46. The number of rotatable bonds is 5. The van der Waals surface area contributed by atoms with Crippen molar-refractivity contribution in [2.75, 3.05) is 11.9 Å². The van der Waals surface area contributed by atoms with Gasteiger partial charge in [-0.15, -0.1) is 0 Å². The van der Waals surface area contributed by atoms with E-state index in [9.17, 15) is 4.79 Å². The first-order chi connectivity index (χ1) is 7.63. The summed E-state index contributed by atoms with van der Waals surface area (Å²) >= 11 is 0. The molecule has 0 saturated carbocycles. The highest BCUT2D eigenvalue weighted by Gasteiger charge is 2.03. The normalized spacial score (nSPS) is 9.50. The van der Waals surface area contributed by atoms with Crippen LogP contribution in [0, 0.1) is 18.3 Å². The molecule has 0 saturated heterocycles. The van der Waals surface area contributed by atoms with Gasteiger partial charge in [-0.25, -0.2) is 4.98 Å². The lowest BCUT2D eigenvalue weighted by Gasteiger charge is -2.07. The number of hydrogen-bond donors (Lipinski definition) is 2. The van der Waals surface area contributed by atoms with Gasteiger partial charge in [-0.05, 0) is 25.5 Å². The summed E-state index contributed by atoms with van der Waals surface area (Å²) in [5, 5.41) is 11.9. The number of carbonyl (C=O) groups excluding carboxylic acids is 1. The highest BCUT2D eigenvalue weighted by Crippen LogP contribution is 2.11. The maximum atomic E-state index is 10.5. The summed E-state index contributed by atoms with van der Waals surface area (Å²) in [6.45, 7) is 2.43. The molecule has 0 atom stereocenters. The van der Waals surface area contributed by atoms with E-state index >= 15 is 0 Å². The van der Waals surface area contributed by atoms with Crippen LogP contribution in [-0.2, 0) is 4.79 Å². The van der Waals surface area contributed by atoms with Gasteiger partial charge in [0.25, 0.3) is 0 Å². The molecule has 1 amide bonds. The number of hydrogen-bond acceptors (Lipinski definition) is 4. The van der Waals surface area contributed by atoms with E-state index in [1.54, 1.807) is 12.1 Å². The smallest absolute Gasteiger partial charge is 0.217 e. The molecule has 0 fully saturated rings. The molecule has 1 heterocycles. The van der Waals surface area contributed by atoms with E-state index in [1.807, 2.05) is 6.92 Å². The minimum absolute atomic E-state index is 0.320. The lowest BCUT2D eigenvalue weighted by Crippen LogP contribution is -2.13. The molecule has 0 aromatic carbocycles. The molecule has 16 heavy (non-hydrogen) atoms. The number of aromatic nitrogens is 1. The zero-order chi connectivity index (χ0) is 12.0. The van der Waals surface area contributed by atoms with Gasteiger partial charge >= 0.3 is 0 Å². The van der Waals surface area contributed by atoms with E-state index in [-0.39, 0.29) is 5.91 Å². The Labute approximate surface area is 94.3 Å². The van der Waals surface area contributed by atoms with Gasteiger partial charge in [0.2, 0.25) is 5.91 Å². The Hall–Kier alpha value is -2.09. The fourth-order valence-electron chi connectivity index (χ4n) is 1.25. The summed E-state index contributed by atoms with van der Waals surface area (Å²) in [5.74, 6) is 0.242. The molecule has 0 spiro atoms. The van der Waals surface area contributed by atoms with Gasteiger partial charge in [0, 0.05) is 18.7 Å². The van der Waals surface area contributed by atoms with Crippen LogP contribution in [0.1, 0.15) is 24.1 Å². The van der Waals surface area contributed by atoms with E-state index in [0.29, 0.717) is 30.8 Å². The number of nitrogens with zero attached hydrogens (tertiary/aromatic N) is 2. The summed E-state index contributed by atoms with van der Waals surface area (Å²) < 4.78 is 0. The Balaban J connectivity index is 2.56. The van der Waals surface area contributed by atoms with Crippen LogP contribution >= 0.6 is 0 Å². The van der Waals surface area contributed by atoms with Crippen molar-refractivity contribution in [2.45, 2.75) is 19.8 Å². The van der Waals surface area contributed by atoms with Crippen LogP contribution in [0.5, 0.6) is 0 Å². The van der Waals surface area contributed by atoms with Crippen LogP contribution in [0.3, 0.4) is 0 Å². The van der Waals surface area contributed by atoms with Crippen LogP contribution in [-0.4, -0.2) is 17.4 Å². The molecule has 0 aliphatic rings. The van der Waals surface area contributed by atoms with Crippen molar-refractivity contribution in [1.82, 2.24) is 4.98 Å². The number of nitriles is 1. The van der Waals surface area contributed by atoms with Gasteiger partial charge in [0.15, 0.2) is 0 Å². The van der Waals surface area contributed by atoms with Crippen molar-refractivity contribution in [3.05, 3.63) is 23.4 Å². The number of pyridine rings is 1. The molecule has 5 heteroatoms. The quantitative estimate of drug-likeness (QED) is 0.719. The lowest BCUT2D eigenvalue weighted by molar-refractivity contribution is -0.118. The molecule has 0 aliphatic heterocycles.